The van der Waals surface area contributed by atoms with Gasteiger partial charge in [-0.1, -0.05) is 12.1 Å². The fraction of sp³-hybridized carbons (Fsp3) is 0.0952. The molecule has 0 radical (unpaired) electrons. The molecule has 0 saturated heterocycles. The predicted octanol–water partition coefficient (Wildman–Crippen LogP) is 4.00. The Kier molecular flexibility index (Phi) is 4.49. The number of fused-ring (bicyclic) bond motifs is 1. The SMILES string of the molecule is COC(=O)c1cccc(-c2cnc3c(F)cc(-c4ccc(OC)nc4)cn23)c1. The first-order valence-electron chi connectivity index (χ1n) is 8.46. The van der Waals surface area contributed by atoms with E-state index in [9.17, 15) is 9.18 Å². The van der Waals surface area contributed by atoms with Crippen molar-refractivity contribution in [2.24, 2.45) is 0 Å². The smallest absolute Gasteiger partial charge is 0.337 e. The van der Waals surface area contributed by atoms with Crippen LogP contribution >= 0.6 is 0 Å². The Morgan fingerprint density at radius 1 is 1.00 bits per heavy atom. The molecule has 7 heteroatoms. The molecule has 0 unspecified atom stereocenters. The van der Waals surface area contributed by atoms with Crippen molar-refractivity contribution < 1.29 is 18.7 Å². The Hall–Kier alpha value is -3.74. The van der Waals surface area contributed by atoms with Gasteiger partial charge in [-0.2, -0.15) is 0 Å². The molecule has 3 heterocycles. The summed E-state index contributed by atoms with van der Waals surface area (Å²) in [6.45, 7) is 0. The molecule has 0 aliphatic heterocycles. The molecule has 140 valence electrons. The minimum atomic E-state index is -0.455. The lowest BCUT2D eigenvalue weighted by Gasteiger charge is -2.08. The van der Waals surface area contributed by atoms with Crippen molar-refractivity contribution in [3.05, 3.63) is 72.4 Å². The number of imidazole rings is 1. The molecular formula is C21H16FN3O3. The summed E-state index contributed by atoms with van der Waals surface area (Å²) in [5.74, 6) is -0.413. The highest BCUT2D eigenvalue weighted by molar-refractivity contribution is 5.90. The van der Waals surface area contributed by atoms with E-state index in [2.05, 4.69) is 9.97 Å². The number of benzene rings is 1. The average molecular weight is 377 g/mol. The van der Waals surface area contributed by atoms with E-state index in [0.29, 0.717) is 22.7 Å². The molecule has 0 amide bonds. The first-order chi connectivity index (χ1) is 13.6. The van der Waals surface area contributed by atoms with E-state index < -0.39 is 11.8 Å². The lowest BCUT2D eigenvalue weighted by atomic mass is 10.1. The van der Waals surface area contributed by atoms with E-state index in [0.717, 1.165) is 11.1 Å². The maximum Gasteiger partial charge on any atom is 0.337 e. The third-order valence-electron chi connectivity index (χ3n) is 4.42. The zero-order valence-corrected chi connectivity index (χ0v) is 15.2. The molecule has 0 saturated carbocycles. The minimum Gasteiger partial charge on any atom is -0.481 e. The van der Waals surface area contributed by atoms with Crippen molar-refractivity contribution in [3.8, 4) is 28.3 Å². The van der Waals surface area contributed by atoms with Gasteiger partial charge in [-0.3, -0.25) is 4.40 Å². The number of carbonyl (C=O) groups is 1. The maximum atomic E-state index is 14.7. The van der Waals surface area contributed by atoms with E-state index in [-0.39, 0.29) is 5.65 Å². The quantitative estimate of drug-likeness (QED) is 0.503. The molecule has 0 aliphatic rings. The summed E-state index contributed by atoms with van der Waals surface area (Å²) in [7, 11) is 2.86. The molecule has 0 N–H and O–H groups in total. The Morgan fingerprint density at radius 2 is 1.86 bits per heavy atom. The Labute approximate surface area is 160 Å². The number of carbonyl (C=O) groups excluding carboxylic acids is 1. The summed E-state index contributed by atoms with van der Waals surface area (Å²) in [4.78, 5) is 20.2. The van der Waals surface area contributed by atoms with E-state index in [4.69, 9.17) is 9.47 Å². The molecular weight excluding hydrogens is 361 g/mol. The number of hydrogen-bond donors (Lipinski definition) is 0. The fourth-order valence-electron chi connectivity index (χ4n) is 3.01. The lowest BCUT2D eigenvalue weighted by molar-refractivity contribution is 0.0601. The van der Waals surface area contributed by atoms with Crippen LogP contribution in [0.4, 0.5) is 4.39 Å². The molecule has 0 spiro atoms. The predicted molar refractivity (Wildman–Crippen MR) is 102 cm³/mol. The van der Waals surface area contributed by atoms with Gasteiger partial charge in [0.05, 0.1) is 31.7 Å². The number of aromatic nitrogens is 3. The van der Waals surface area contributed by atoms with E-state index in [1.807, 2.05) is 6.07 Å². The molecule has 1 aromatic carbocycles. The van der Waals surface area contributed by atoms with Gasteiger partial charge in [0, 0.05) is 35.2 Å². The number of pyridine rings is 2. The summed E-state index contributed by atoms with van der Waals surface area (Å²) in [5.41, 5.74) is 3.37. The van der Waals surface area contributed by atoms with Crippen molar-refractivity contribution in [1.29, 1.82) is 0 Å². The number of ether oxygens (including phenoxy) is 2. The minimum absolute atomic E-state index is 0.198. The molecule has 0 fully saturated rings. The summed E-state index contributed by atoms with van der Waals surface area (Å²) >= 11 is 0. The Morgan fingerprint density at radius 3 is 2.57 bits per heavy atom. The van der Waals surface area contributed by atoms with Gasteiger partial charge in [0.1, 0.15) is 0 Å². The topological polar surface area (TPSA) is 65.7 Å². The molecule has 0 atom stereocenters. The highest BCUT2D eigenvalue weighted by Crippen LogP contribution is 2.28. The summed E-state index contributed by atoms with van der Waals surface area (Å²) in [6.07, 6.45) is 4.98. The average Bonchev–Trinajstić information content (AvgIpc) is 3.18. The fourth-order valence-corrected chi connectivity index (χ4v) is 3.01. The zero-order chi connectivity index (χ0) is 19.7. The molecule has 4 aromatic rings. The van der Waals surface area contributed by atoms with E-state index >= 15 is 0 Å². The van der Waals surface area contributed by atoms with Crippen molar-refractivity contribution in [1.82, 2.24) is 14.4 Å². The third kappa shape index (κ3) is 3.07. The van der Waals surface area contributed by atoms with Crippen LogP contribution in [0.5, 0.6) is 5.88 Å². The second-order valence-corrected chi connectivity index (χ2v) is 6.08. The van der Waals surface area contributed by atoms with Crippen LogP contribution in [0.25, 0.3) is 28.0 Å². The van der Waals surface area contributed by atoms with Gasteiger partial charge in [-0.25, -0.2) is 19.2 Å². The van der Waals surface area contributed by atoms with Crippen LogP contribution in [0.2, 0.25) is 0 Å². The molecule has 28 heavy (non-hydrogen) atoms. The van der Waals surface area contributed by atoms with Crippen molar-refractivity contribution >= 4 is 11.6 Å². The highest BCUT2D eigenvalue weighted by atomic mass is 19.1. The van der Waals surface area contributed by atoms with Gasteiger partial charge in [0.15, 0.2) is 11.5 Å². The number of esters is 1. The largest absolute Gasteiger partial charge is 0.481 e. The number of rotatable bonds is 4. The molecule has 4 rings (SSSR count). The molecule has 6 nitrogen and oxygen atoms in total. The number of halogens is 1. The maximum absolute atomic E-state index is 14.7. The van der Waals surface area contributed by atoms with Gasteiger partial charge in [-0.15, -0.1) is 0 Å². The van der Waals surface area contributed by atoms with Gasteiger partial charge in [0.25, 0.3) is 0 Å². The Bertz CT molecular complexity index is 1170. The number of methoxy groups -OCH3 is 2. The van der Waals surface area contributed by atoms with Crippen LogP contribution in [-0.4, -0.2) is 34.6 Å². The third-order valence-corrected chi connectivity index (χ3v) is 4.42. The Balaban J connectivity index is 1.85. The van der Waals surface area contributed by atoms with Gasteiger partial charge < -0.3 is 9.47 Å². The summed E-state index contributed by atoms with van der Waals surface area (Å²) in [6, 6.07) is 11.9. The van der Waals surface area contributed by atoms with Gasteiger partial charge in [0.2, 0.25) is 5.88 Å². The lowest BCUT2D eigenvalue weighted by Crippen LogP contribution is -2.01. The van der Waals surface area contributed by atoms with Gasteiger partial charge >= 0.3 is 5.97 Å². The van der Waals surface area contributed by atoms with Crippen LogP contribution in [0, 0.1) is 5.82 Å². The summed E-state index contributed by atoms with van der Waals surface area (Å²) in [5, 5.41) is 0. The van der Waals surface area contributed by atoms with Crippen LogP contribution in [0.15, 0.2) is 61.1 Å². The summed E-state index contributed by atoms with van der Waals surface area (Å²) < 4.78 is 26.2. The standard InChI is InChI=1S/C21H16FN3O3/c1-27-19-7-6-15(10-23-19)16-9-17(22)20-24-11-18(25(20)12-16)13-4-3-5-14(8-13)21(26)28-2/h3-12H,1-2H3. The van der Waals surface area contributed by atoms with Gasteiger partial charge in [-0.05, 0) is 24.3 Å². The normalized spacial score (nSPS) is 10.8. The van der Waals surface area contributed by atoms with Crippen molar-refractivity contribution in [3.63, 3.8) is 0 Å². The number of nitrogens with zero attached hydrogens (tertiary/aromatic N) is 3. The van der Waals surface area contributed by atoms with Crippen molar-refractivity contribution in [2.45, 2.75) is 0 Å². The first-order valence-corrected chi connectivity index (χ1v) is 8.46. The van der Waals surface area contributed by atoms with E-state index in [1.165, 1.54) is 20.3 Å². The highest BCUT2D eigenvalue weighted by Gasteiger charge is 2.14. The van der Waals surface area contributed by atoms with Crippen LogP contribution in [0.1, 0.15) is 10.4 Å². The monoisotopic (exact) mass is 377 g/mol. The number of hydrogen-bond acceptors (Lipinski definition) is 5. The van der Waals surface area contributed by atoms with Crippen molar-refractivity contribution in [2.75, 3.05) is 14.2 Å². The molecule has 0 aliphatic carbocycles. The first kappa shape index (κ1) is 17.7. The van der Waals surface area contributed by atoms with E-state index in [1.54, 1.807) is 53.3 Å². The second-order valence-electron chi connectivity index (χ2n) is 6.08. The van der Waals surface area contributed by atoms with Crippen LogP contribution in [0.3, 0.4) is 0 Å². The second kappa shape index (κ2) is 7.11. The van der Waals surface area contributed by atoms with Crippen LogP contribution in [-0.2, 0) is 4.74 Å². The zero-order valence-electron chi connectivity index (χ0n) is 15.2. The van der Waals surface area contributed by atoms with Crippen LogP contribution < -0.4 is 4.74 Å². The molecule has 0 bridgehead atoms. The molecule has 3 aromatic heterocycles.